The van der Waals surface area contributed by atoms with Gasteiger partial charge in [-0.15, -0.1) is 0 Å². The standard InChI is InChI=1S/CH4N3.Li/c2-1(3)4;/h(H4-,2,3,4);/q-1;+1. The Balaban J connectivity index is 0. The Hall–Kier alpha value is -0.133. The van der Waals surface area contributed by atoms with E-state index >= 15 is 0 Å². The Labute approximate surface area is 42.4 Å². The first kappa shape index (κ1) is 8.85. The SMILES string of the molecule is N=C([NH-])N.[Li+]. The van der Waals surface area contributed by atoms with Gasteiger partial charge in [0, 0.05) is 0 Å². The monoisotopic (exact) mass is 65.1 g/mol. The summed E-state index contributed by atoms with van der Waals surface area (Å²) in [5, 5.41) is 5.94. The van der Waals surface area contributed by atoms with E-state index in [1.807, 2.05) is 0 Å². The van der Waals surface area contributed by atoms with E-state index in [-0.39, 0.29) is 18.9 Å². The molecular weight excluding hydrogens is 61.0 g/mol. The van der Waals surface area contributed by atoms with Crippen LogP contribution in [0, 0.1) is 5.41 Å². The van der Waals surface area contributed by atoms with Gasteiger partial charge in [0.25, 0.3) is 0 Å². The van der Waals surface area contributed by atoms with Crippen molar-refractivity contribution in [3.05, 3.63) is 5.73 Å². The van der Waals surface area contributed by atoms with Crippen molar-refractivity contribution in [2.75, 3.05) is 0 Å². The van der Waals surface area contributed by atoms with Crippen molar-refractivity contribution < 1.29 is 18.9 Å². The molecule has 0 aromatic heterocycles. The molecule has 0 saturated heterocycles. The third-order valence-electron chi connectivity index (χ3n) is 0. The van der Waals surface area contributed by atoms with Crippen LogP contribution in [0.5, 0.6) is 0 Å². The minimum atomic E-state index is -0.583. The van der Waals surface area contributed by atoms with E-state index in [0.717, 1.165) is 0 Å². The van der Waals surface area contributed by atoms with Gasteiger partial charge < -0.3 is 16.9 Å². The number of hydrogen-bond donors (Lipinski definition) is 2. The van der Waals surface area contributed by atoms with Gasteiger partial charge in [-0.1, -0.05) is 0 Å². The molecule has 0 rings (SSSR count). The fraction of sp³-hybridized carbons (Fsp3) is 0. The van der Waals surface area contributed by atoms with Crippen molar-refractivity contribution in [1.82, 2.24) is 0 Å². The molecule has 0 aliphatic heterocycles. The van der Waals surface area contributed by atoms with Gasteiger partial charge in [0.05, 0.1) is 0 Å². The summed E-state index contributed by atoms with van der Waals surface area (Å²) in [6.45, 7) is 0. The van der Waals surface area contributed by atoms with E-state index in [4.69, 9.17) is 11.1 Å². The molecule has 24 valence electrons. The molecule has 0 heterocycles. The molecule has 0 amide bonds. The van der Waals surface area contributed by atoms with Gasteiger partial charge in [-0.25, -0.2) is 0 Å². The Kier molecular flexibility index (Phi) is 6.85. The summed E-state index contributed by atoms with van der Waals surface area (Å²) in [5.41, 5.74) is 10.3. The van der Waals surface area contributed by atoms with Crippen molar-refractivity contribution in [2.45, 2.75) is 0 Å². The fourth-order valence-corrected chi connectivity index (χ4v) is 0. The first-order chi connectivity index (χ1) is 1.73. The molecule has 0 aromatic carbocycles. The molecule has 0 spiro atoms. The van der Waals surface area contributed by atoms with Crippen LogP contribution in [0.3, 0.4) is 0 Å². The predicted octanol–water partition coefficient (Wildman–Crippen LogP) is -3.06. The van der Waals surface area contributed by atoms with Gasteiger partial charge >= 0.3 is 18.9 Å². The largest absolute Gasteiger partial charge is 1.00 e. The molecule has 0 saturated carbocycles. The summed E-state index contributed by atoms with van der Waals surface area (Å²) in [5.74, 6) is -0.583. The zero-order valence-electron chi connectivity index (χ0n) is 3.08. The van der Waals surface area contributed by atoms with Crippen LogP contribution >= 0.6 is 0 Å². The second-order valence-electron chi connectivity index (χ2n) is 0.414. The van der Waals surface area contributed by atoms with E-state index in [9.17, 15) is 0 Å². The van der Waals surface area contributed by atoms with Crippen molar-refractivity contribution in [3.8, 4) is 0 Å². The molecule has 0 unspecified atom stereocenters. The Morgan fingerprint density at radius 1 is 1.80 bits per heavy atom. The average Bonchev–Trinajstić information content (AvgIpc) is 0.811. The summed E-state index contributed by atoms with van der Waals surface area (Å²) in [7, 11) is 0. The topological polar surface area (TPSA) is 73.7 Å². The average molecular weight is 65.0 g/mol. The number of rotatable bonds is 0. The van der Waals surface area contributed by atoms with Crippen LogP contribution in [0.15, 0.2) is 0 Å². The van der Waals surface area contributed by atoms with Crippen molar-refractivity contribution in [2.24, 2.45) is 5.73 Å². The number of guanidine groups is 1. The summed E-state index contributed by atoms with van der Waals surface area (Å²) in [6.07, 6.45) is 0. The summed E-state index contributed by atoms with van der Waals surface area (Å²) >= 11 is 0. The van der Waals surface area contributed by atoms with Crippen molar-refractivity contribution in [1.29, 1.82) is 5.41 Å². The maximum Gasteiger partial charge on any atom is 1.00 e. The van der Waals surface area contributed by atoms with Crippen molar-refractivity contribution in [3.63, 3.8) is 0 Å². The van der Waals surface area contributed by atoms with Gasteiger partial charge in [-0.3, -0.25) is 0 Å². The number of nitrogens with two attached hydrogens (primary N) is 1. The van der Waals surface area contributed by atoms with E-state index < -0.39 is 5.96 Å². The number of hydrogen-bond acceptors (Lipinski definition) is 1. The maximum atomic E-state index is 5.94. The molecule has 0 aliphatic rings. The van der Waals surface area contributed by atoms with E-state index in [1.165, 1.54) is 0 Å². The molecule has 0 aliphatic carbocycles. The van der Waals surface area contributed by atoms with E-state index in [0.29, 0.717) is 0 Å². The van der Waals surface area contributed by atoms with Gasteiger partial charge in [-0.05, 0) is 5.96 Å². The second-order valence-corrected chi connectivity index (χ2v) is 0.414. The van der Waals surface area contributed by atoms with Crippen LogP contribution in [0.1, 0.15) is 0 Å². The summed E-state index contributed by atoms with van der Waals surface area (Å²) < 4.78 is 0. The van der Waals surface area contributed by atoms with Crippen LogP contribution in [0.25, 0.3) is 5.73 Å². The predicted molar refractivity (Wildman–Crippen MR) is 16.2 cm³/mol. The van der Waals surface area contributed by atoms with E-state index in [1.54, 1.807) is 0 Å². The van der Waals surface area contributed by atoms with Crippen LogP contribution in [-0.4, -0.2) is 5.96 Å². The molecule has 0 atom stereocenters. The molecule has 0 aromatic rings. The minimum absolute atomic E-state index is 0. The normalized spacial score (nSPS) is 4.80. The minimum Gasteiger partial charge on any atom is -0.454 e. The fourth-order valence-electron chi connectivity index (χ4n) is 0. The first-order valence-electron chi connectivity index (χ1n) is 0.789. The van der Waals surface area contributed by atoms with Gasteiger partial charge in [0.1, 0.15) is 0 Å². The third kappa shape index (κ3) is 767. The molecular formula is CH4LiN3. The smallest absolute Gasteiger partial charge is 0.454 e. The van der Waals surface area contributed by atoms with Crippen molar-refractivity contribution >= 4 is 5.96 Å². The van der Waals surface area contributed by atoms with Gasteiger partial charge in [0.2, 0.25) is 0 Å². The van der Waals surface area contributed by atoms with Crippen LogP contribution in [0.4, 0.5) is 0 Å². The van der Waals surface area contributed by atoms with Gasteiger partial charge in [-0.2, -0.15) is 0 Å². The van der Waals surface area contributed by atoms with Gasteiger partial charge in [0.15, 0.2) is 0 Å². The molecule has 0 bridgehead atoms. The molecule has 5 heavy (non-hydrogen) atoms. The molecule has 4 N–H and O–H groups in total. The zero-order chi connectivity index (χ0) is 3.58. The Morgan fingerprint density at radius 2 is 1.80 bits per heavy atom. The molecule has 0 radical (unpaired) electrons. The Morgan fingerprint density at radius 3 is 1.80 bits per heavy atom. The summed E-state index contributed by atoms with van der Waals surface area (Å²) in [6, 6.07) is 0. The quantitative estimate of drug-likeness (QED) is 0.175. The molecule has 3 nitrogen and oxygen atoms in total. The van der Waals surface area contributed by atoms with Crippen LogP contribution in [0.2, 0.25) is 0 Å². The maximum absolute atomic E-state index is 5.94. The van der Waals surface area contributed by atoms with Crippen LogP contribution in [-0.2, 0) is 0 Å². The third-order valence-corrected chi connectivity index (χ3v) is 0. The second kappa shape index (κ2) is 3.87. The number of nitrogens with one attached hydrogen (secondary N) is 2. The Bertz CT molecular complexity index is 29.9. The zero-order valence-corrected chi connectivity index (χ0v) is 3.08. The first-order valence-corrected chi connectivity index (χ1v) is 0.789. The van der Waals surface area contributed by atoms with Crippen LogP contribution < -0.4 is 24.6 Å². The molecule has 4 heteroatoms. The summed E-state index contributed by atoms with van der Waals surface area (Å²) in [4.78, 5) is 0. The molecule has 0 fully saturated rings. The van der Waals surface area contributed by atoms with E-state index in [2.05, 4.69) is 5.73 Å².